The van der Waals surface area contributed by atoms with Crippen LogP contribution in [0.5, 0.6) is 0 Å². The minimum Gasteiger partial charge on any atom is -0.349 e. The molecule has 2 amide bonds. The van der Waals surface area contributed by atoms with Crippen molar-refractivity contribution in [1.29, 1.82) is 0 Å². The van der Waals surface area contributed by atoms with Gasteiger partial charge in [-0.3, -0.25) is 9.59 Å². The maximum absolute atomic E-state index is 13.2. The number of carbonyl (C=O) groups is 2. The van der Waals surface area contributed by atoms with Crippen LogP contribution in [0.15, 0.2) is 18.2 Å². The molecular formula is C23H32N4O2. The average molecular weight is 397 g/mol. The van der Waals surface area contributed by atoms with Crippen LogP contribution in [0.4, 0.5) is 5.69 Å². The van der Waals surface area contributed by atoms with Gasteiger partial charge in [0, 0.05) is 18.8 Å². The molecule has 2 aromatic rings. The first-order valence-corrected chi connectivity index (χ1v) is 10.8. The molecule has 2 heterocycles. The lowest BCUT2D eigenvalue weighted by Gasteiger charge is -2.18. The first-order valence-electron chi connectivity index (χ1n) is 10.8. The Balaban J connectivity index is 1.93. The highest BCUT2D eigenvalue weighted by molar-refractivity contribution is 6.05. The van der Waals surface area contributed by atoms with E-state index in [-0.39, 0.29) is 11.8 Å². The van der Waals surface area contributed by atoms with Gasteiger partial charge >= 0.3 is 0 Å². The Morgan fingerprint density at radius 3 is 2.41 bits per heavy atom. The fourth-order valence-corrected chi connectivity index (χ4v) is 3.85. The van der Waals surface area contributed by atoms with Crippen molar-refractivity contribution in [3.63, 3.8) is 0 Å². The molecule has 0 unspecified atom stereocenters. The van der Waals surface area contributed by atoms with E-state index < -0.39 is 0 Å². The fourth-order valence-electron chi connectivity index (χ4n) is 3.85. The lowest BCUT2D eigenvalue weighted by Crippen LogP contribution is -2.30. The number of para-hydroxylation sites is 1. The Morgan fingerprint density at radius 1 is 1.10 bits per heavy atom. The van der Waals surface area contributed by atoms with Crippen LogP contribution in [0.1, 0.15) is 78.5 Å². The van der Waals surface area contributed by atoms with Gasteiger partial charge in [0.15, 0.2) is 11.5 Å². The van der Waals surface area contributed by atoms with Crippen LogP contribution in [0, 0.1) is 5.92 Å². The number of carbonyl (C=O) groups excluding carboxylic acids is 2. The molecule has 0 saturated carbocycles. The molecule has 0 atom stereocenters. The second-order valence-corrected chi connectivity index (χ2v) is 8.06. The van der Waals surface area contributed by atoms with Gasteiger partial charge in [-0.25, -0.2) is 4.98 Å². The summed E-state index contributed by atoms with van der Waals surface area (Å²) in [5.74, 6) is 0.277. The van der Waals surface area contributed by atoms with E-state index in [2.05, 4.69) is 43.3 Å². The zero-order chi connectivity index (χ0) is 21.0. The number of fused-ring (bicyclic) bond motifs is 1. The molecule has 0 spiro atoms. The molecule has 29 heavy (non-hydrogen) atoms. The topological polar surface area (TPSA) is 76.0 Å². The van der Waals surface area contributed by atoms with Gasteiger partial charge in [0.2, 0.25) is 0 Å². The van der Waals surface area contributed by atoms with Gasteiger partial charge in [-0.2, -0.15) is 0 Å². The quantitative estimate of drug-likeness (QED) is 0.743. The van der Waals surface area contributed by atoms with Gasteiger partial charge in [0.05, 0.1) is 5.69 Å². The molecule has 0 radical (unpaired) electrons. The van der Waals surface area contributed by atoms with Crippen molar-refractivity contribution in [2.24, 2.45) is 5.92 Å². The number of anilines is 1. The molecule has 3 rings (SSSR count). The van der Waals surface area contributed by atoms with E-state index in [4.69, 9.17) is 0 Å². The highest BCUT2D eigenvalue weighted by Crippen LogP contribution is 2.26. The van der Waals surface area contributed by atoms with E-state index in [1.165, 1.54) is 0 Å². The number of hydrogen-bond acceptors (Lipinski definition) is 3. The van der Waals surface area contributed by atoms with Crippen molar-refractivity contribution in [1.82, 2.24) is 14.9 Å². The maximum atomic E-state index is 13.2. The van der Waals surface area contributed by atoms with Crippen LogP contribution < -0.4 is 10.6 Å². The third-order valence-corrected chi connectivity index (χ3v) is 5.44. The highest BCUT2D eigenvalue weighted by atomic mass is 16.2. The number of rotatable bonds is 7. The zero-order valence-electron chi connectivity index (χ0n) is 18.0. The van der Waals surface area contributed by atoms with Crippen molar-refractivity contribution < 1.29 is 9.59 Å². The van der Waals surface area contributed by atoms with Crippen LogP contribution in [0.25, 0.3) is 0 Å². The Hall–Kier alpha value is -2.63. The van der Waals surface area contributed by atoms with Gasteiger partial charge in [-0.05, 0) is 49.1 Å². The lowest BCUT2D eigenvalue weighted by atomic mass is 10.0. The normalized spacial score (nSPS) is 13.3. The summed E-state index contributed by atoms with van der Waals surface area (Å²) in [4.78, 5) is 30.4. The number of hydrogen-bond donors (Lipinski definition) is 2. The fraction of sp³-hybridized carbons (Fsp3) is 0.522. The summed E-state index contributed by atoms with van der Waals surface area (Å²) >= 11 is 0. The standard InChI is InChI=1S/C23H32N4O2/c1-5-16-10-9-11-17(6-2)19(16)26-22(28)20-18-12-7-8-13-27(18)21(25-20)23(29)24-14-15(3)4/h9-11,15H,5-8,12-14H2,1-4H3,(H,24,29)(H,26,28). The van der Waals surface area contributed by atoms with Crippen molar-refractivity contribution in [2.45, 2.75) is 66.3 Å². The average Bonchev–Trinajstić information content (AvgIpc) is 3.12. The van der Waals surface area contributed by atoms with Crippen LogP contribution >= 0.6 is 0 Å². The number of amides is 2. The third kappa shape index (κ3) is 4.52. The molecule has 0 aliphatic carbocycles. The summed E-state index contributed by atoms with van der Waals surface area (Å²) in [6.07, 6.45) is 4.45. The molecule has 2 N–H and O–H groups in total. The predicted molar refractivity (Wildman–Crippen MR) is 115 cm³/mol. The number of imidazole rings is 1. The summed E-state index contributed by atoms with van der Waals surface area (Å²) in [5.41, 5.74) is 4.36. The molecule has 6 nitrogen and oxygen atoms in total. The lowest BCUT2D eigenvalue weighted by molar-refractivity contribution is 0.0933. The Kier molecular flexibility index (Phi) is 6.72. The van der Waals surface area contributed by atoms with E-state index in [1.807, 2.05) is 22.8 Å². The summed E-state index contributed by atoms with van der Waals surface area (Å²) in [6.45, 7) is 9.59. The van der Waals surface area contributed by atoms with E-state index >= 15 is 0 Å². The van der Waals surface area contributed by atoms with E-state index in [0.29, 0.717) is 24.0 Å². The summed E-state index contributed by atoms with van der Waals surface area (Å²) < 4.78 is 1.93. The van der Waals surface area contributed by atoms with Crippen LogP contribution in [-0.4, -0.2) is 27.9 Å². The Bertz CT molecular complexity index is 876. The van der Waals surface area contributed by atoms with Crippen molar-refractivity contribution in [3.8, 4) is 0 Å². The van der Waals surface area contributed by atoms with E-state index in [9.17, 15) is 9.59 Å². The smallest absolute Gasteiger partial charge is 0.287 e. The molecule has 0 saturated heterocycles. The number of benzene rings is 1. The number of aromatic nitrogens is 2. The molecular weight excluding hydrogens is 364 g/mol. The summed E-state index contributed by atoms with van der Waals surface area (Å²) in [7, 11) is 0. The molecule has 1 aromatic heterocycles. The molecule has 1 aromatic carbocycles. The monoisotopic (exact) mass is 396 g/mol. The number of nitrogens with one attached hydrogen (secondary N) is 2. The minimum absolute atomic E-state index is 0.205. The molecule has 1 aliphatic heterocycles. The van der Waals surface area contributed by atoms with Gasteiger partial charge < -0.3 is 15.2 Å². The van der Waals surface area contributed by atoms with Gasteiger partial charge in [0.1, 0.15) is 0 Å². The van der Waals surface area contributed by atoms with Crippen LogP contribution in [-0.2, 0) is 25.8 Å². The van der Waals surface area contributed by atoms with Gasteiger partial charge in [-0.15, -0.1) is 0 Å². The zero-order valence-corrected chi connectivity index (χ0v) is 18.0. The summed E-state index contributed by atoms with van der Waals surface area (Å²) in [5, 5.41) is 6.04. The first-order chi connectivity index (χ1) is 14.0. The van der Waals surface area contributed by atoms with Gasteiger partial charge in [0.25, 0.3) is 11.8 Å². The first kappa shape index (κ1) is 21.1. The third-order valence-electron chi connectivity index (χ3n) is 5.44. The predicted octanol–water partition coefficient (Wildman–Crippen LogP) is 3.98. The summed E-state index contributed by atoms with van der Waals surface area (Å²) in [6, 6.07) is 6.12. The molecule has 156 valence electrons. The number of nitrogens with zero attached hydrogens (tertiary/aromatic N) is 2. The molecule has 1 aliphatic rings. The van der Waals surface area contributed by atoms with Crippen LogP contribution in [0.3, 0.4) is 0 Å². The van der Waals surface area contributed by atoms with E-state index in [0.717, 1.165) is 61.2 Å². The second-order valence-electron chi connectivity index (χ2n) is 8.06. The largest absolute Gasteiger partial charge is 0.349 e. The van der Waals surface area contributed by atoms with E-state index in [1.54, 1.807) is 0 Å². The molecule has 0 fully saturated rings. The number of aryl methyl sites for hydroxylation is 2. The second kappa shape index (κ2) is 9.25. The van der Waals surface area contributed by atoms with Crippen molar-refractivity contribution >= 4 is 17.5 Å². The minimum atomic E-state index is -0.228. The van der Waals surface area contributed by atoms with Gasteiger partial charge in [-0.1, -0.05) is 45.9 Å². The maximum Gasteiger partial charge on any atom is 0.287 e. The highest BCUT2D eigenvalue weighted by Gasteiger charge is 2.28. The molecule has 0 bridgehead atoms. The molecule has 6 heteroatoms. The SMILES string of the molecule is CCc1cccc(CC)c1NC(=O)c1nc(C(=O)NCC(C)C)n2c1CCCC2. The van der Waals surface area contributed by atoms with Crippen LogP contribution in [0.2, 0.25) is 0 Å². The Morgan fingerprint density at radius 2 is 1.79 bits per heavy atom. The van der Waals surface area contributed by atoms with Crippen molar-refractivity contribution in [3.05, 3.63) is 46.5 Å². The van der Waals surface area contributed by atoms with Crippen molar-refractivity contribution in [2.75, 3.05) is 11.9 Å². The Labute approximate surface area is 173 Å².